The van der Waals surface area contributed by atoms with Gasteiger partial charge in [0.2, 0.25) is 5.88 Å². The Morgan fingerprint density at radius 1 is 0.958 bits per heavy atom. The van der Waals surface area contributed by atoms with Gasteiger partial charge in [0.15, 0.2) is 0 Å². The zero-order valence-corrected chi connectivity index (χ0v) is 13.9. The van der Waals surface area contributed by atoms with Crippen molar-refractivity contribution in [1.82, 2.24) is 20.2 Å². The molecule has 2 heterocycles. The van der Waals surface area contributed by atoms with Crippen LogP contribution in [0.4, 0.5) is 11.5 Å². The fourth-order valence-corrected chi connectivity index (χ4v) is 2.04. The first-order valence-electron chi connectivity index (χ1n) is 7.78. The number of hydrogen-bond acceptors (Lipinski definition) is 6. The van der Waals surface area contributed by atoms with E-state index in [1.165, 1.54) is 0 Å². The van der Waals surface area contributed by atoms with E-state index < -0.39 is 0 Å². The molecule has 0 aliphatic carbocycles. The molecule has 6 nitrogen and oxygen atoms in total. The molecule has 0 radical (unpaired) electrons. The molecule has 0 amide bonds. The van der Waals surface area contributed by atoms with E-state index in [0.29, 0.717) is 11.6 Å². The zero-order chi connectivity index (χ0) is 16.9. The molecule has 0 bridgehead atoms. The molecule has 0 aliphatic rings. The molecule has 0 unspecified atom stereocenters. The summed E-state index contributed by atoms with van der Waals surface area (Å²) in [6, 6.07) is 13.1. The predicted octanol–water partition coefficient (Wildman–Crippen LogP) is 4.23. The number of rotatable bonds is 5. The summed E-state index contributed by atoms with van der Waals surface area (Å²) in [4.78, 5) is 8.76. The maximum Gasteiger partial charge on any atom is 0.238 e. The monoisotopic (exact) mass is 321 g/mol. The molecule has 1 aromatic carbocycles. The van der Waals surface area contributed by atoms with Crippen molar-refractivity contribution >= 4 is 11.5 Å². The largest absolute Gasteiger partial charge is 0.438 e. The number of nitrogens with one attached hydrogen (secondary N) is 1. The number of aromatic nitrogens is 4. The second-order valence-electron chi connectivity index (χ2n) is 5.72. The molecular formula is C18H19N5O. The molecule has 24 heavy (non-hydrogen) atoms. The quantitative estimate of drug-likeness (QED) is 0.758. The van der Waals surface area contributed by atoms with Crippen LogP contribution < -0.4 is 10.1 Å². The van der Waals surface area contributed by atoms with Crippen LogP contribution in [0.5, 0.6) is 11.6 Å². The summed E-state index contributed by atoms with van der Waals surface area (Å²) in [5, 5.41) is 11.2. The Morgan fingerprint density at radius 3 is 2.42 bits per heavy atom. The Balaban J connectivity index is 1.68. The van der Waals surface area contributed by atoms with Crippen LogP contribution in [0.25, 0.3) is 0 Å². The van der Waals surface area contributed by atoms with Crippen molar-refractivity contribution < 1.29 is 4.74 Å². The van der Waals surface area contributed by atoms with Crippen LogP contribution in [0.3, 0.4) is 0 Å². The minimum atomic E-state index is 0.290. The van der Waals surface area contributed by atoms with E-state index in [-0.39, 0.29) is 5.92 Å². The van der Waals surface area contributed by atoms with Gasteiger partial charge < -0.3 is 10.1 Å². The van der Waals surface area contributed by atoms with E-state index in [0.717, 1.165) is 23.0 Å². The molecule has 0 aliphatic heterocycles. The van der Waals surface area contributed by atoms with Crippen molar-refractivity contribution in [3.8, 4) is 11.6 Å². The highest BCUT2D eigenvalue weighted by atomic mass is 16.5. The maximum atomic E-state index is 5.66. The highest BCUT2D eigenvalue weighted by Gasteiger charge is 2.04. The van der Waals surface area contributed by atoms with Gasteiger partial charge in [-0.2, -0.15) is 5.10 Å². The van der Waals surface area contributed by atoms with Gasteiger partial charge in [0, 0.05) is 23.9 Å². The van der Waals surface area contributed by atoms with Gasteiger partial charge >= 0.3 is 0 Å². The molecule has 0 saturated heterocycles. The van der Waals surface area contributed by atoms with Crippen LogP contribution >= 0.6 is 0 Å². The first-order valence-corrected chi connectivity index (χ1v) is 7.78. The lowest BCUT2D eigenvalue weighted by atomic mass is 10.2. The third-order valence-electron chi connectivity index (χ3n) is 3.31. The van der Waals surface area contributed by atoms with E-state index in [1.807, 2.05) is 43.3 Å². The number of nitrogens with zero attached hydrogens (tertiary/aromatic N) is 4. The number of anilines is 2. The SMILES string of the molecule is Cc1ccc(Oc2ccc(Nc3ccnc(C(C)C)n3)cc2)nn1. The van der Waals surface area contributed by atoms with Crippen LogP contribution in [-0.2, 0) is 0 Å². The molecule has 3 rings (SSSR count). The third-order valence-corrected chi connectivity index (χ3v) is 3.31. The lowest BCUT2D eigenvalue weighted by molar-refractivity contribution is 0.454. The summed E-state index contributed by atoms with van der Waals surface area (Å²) < 4.78 is 5.66. The van der Waals surface area contributed by atoms with Gasteiger partial charge in [-0.1, -0.05) is 13.8 Å². The minimum Gasteiger partial charge on any atom is -0.438 e. The van der Waals surface area contributed by atoms with Crippen molar-refractivity contribution in [3.63, 3.8) is 0 Å². The first kappa shape index (κ1) is 15.9. The first-order chi connectivity index (χ1) is 11.6. The normalized spacial score (nSPS) is 10.7. The number of hydrogen-bond donors (Lipinski definition) is 1. The summed E-state index contributed by atoms with van der Waals surface area (Å²) in [7, 11) is 0. The van der Waals surface area contributed by atoms with Crippen LogP contribution in [-0.4, -0.2) is 20.2 Å². The Morgan fingerprint density at radius 2 is 1.75 bits per heavy atom. The molecule has 2 aromatic heterocycles. The standard InChI is InChI=1S/C18H19N5O/c1-12(2)18-19-11-10-16(21-18)20-14-5-7-15(8-6-14)24-17-9-4-13(3)22-23-17/h4-12H,1-3H3,(H,19,20,21). The van der Waals surface area contributed by atoms with Gasteiger partial charge in [-0.25, -0.2) is 9.97 Å². The molecule has 3 aromatic rings. The van der Waals surface area contributed by atoms with E-state index in [1.54, 1.807) is 12.3 Å². The predicted molar refractivity (Wildman–Crippen MR) is 92.7 cm³/mol. The topological polar surface area (TPSA) is 72.8 Å². The number of ether oxygens (including phenoxy) is 1. The summed E-state index contributed by atoms with van der Waals surface area (Å²) in [6.07, 6.45) is 1.76. The van der Waals surface area contributed by atoms with Gasteiger partial charge in [-0.05, 0) is 43.3 Å². The van der Waals surface area contributed by atoms with Crippen LogP contribution in [0, 0.1) is 6.92 Å². The second kappa shape index (κ2) is 7.04. The van der Waals surface area contributed by atoms with Gasteiger partial charge in [-0.3, -0.25) is 0 Å². The van der Waals surface area contributed by atoms with Gasteiger partial charge in [0.1, 0.15) is 17.4 Å². The lowest BCUT2D eigenvalue weighted by Gasteiger charge is -2.09. The molecule has 0 spiro atoms. The molecule has 0 fully saturated rings. The molecule has 6 heteroatoms. The Kier molecular flexibility index (Phi) is 4.65. The van der Waals surface area contributed by atoms with Crippen molar-refractivity contribution in [3.05, 3.63) is 60.2 Å². The zero-order valence-electron chi connectivity index (χ0n) is 13.9. The fourth-order valence-electron chi connectivity index (χ4n) is 2.04. The average molecular weight is 321 g/mol. The minimum absolute atomic E-state index is 0.290. The van der Waals surface area contributed by atoms with E-state index in [4.69, 9.17) is 4.74 Å². The average Bonchev–Trinajstić information content (AvgIpc) is 2.59. The Hall–Kier alpha value is -3.02. The summed E-state index contributed by atoms with van der Waals surface area (Å²) in [6.45, 7) is 6.02. The number of benzene rings is 1. The van der Waals surface area contributed by atoms with Crippen LogP contribution in [0.2, 0.25) is 0 Å². The van der Waals surface area contributed by atoms with Crippen LogP contribution in [0.15, 0.2) is 48.7 Å². The third kappa shape index (κ3) is 4.04. The summed E-state index contributed by atoms with van der Waals surface area (Å²) in [5.41, 5.74) is 1.78. The smallest absolute Gasteiger partial charge is 0.238 e. The highest BCUT2D eigenvalue weighted by molar-refractivity contribution is 5.57. The second-order valence-corrected chi connectivity index (χ2v) is 5.72. The summed E-state index contributed by atoms with van der Waals surface area (Å²) in [5.74, 6) is 3.05. The van der Waals surface area contributed by atoms with Crippen molar-refractivity contribution in [2.24, 2.45) is 0 Å². The van der Waals surface area contributed by atoms with Crippen molar-refractivity contribution in [2.75, 3.05) is 5.32 Å². The molecule has 0 atom stereocenters. The summed E-state index contributed by atoms with van der Waals surface area (Å²) >= 11 is 0. The Labute approximate surface area is 141 Å². The fraction of sp³-hybridized carbons (Fsp3) is 0.222. The molecule has 122 valence electrons. The van der Waals surface area contributed by atoms with Crippen molar-refractivity contribution in [2.45, 2.75) is 26.7 Å². The van der Waals surface area contributed by atoms with E-state index >= 15 is 0 Å². The van der Waals surface area contributed by atoms with Gasteiger partial charge in [-0.15, -0.1) is 5.10 Å². The van der Waals surface area contributed by atoms with Gasteiger partial charge in [0.25, 0.3) is 0 Å². The van der Waals surface area contributed by atoms with E-state index in [2.05, 4.69) is 39.3 Å². The highest BCUT2D eigenvalue weighted by Crippen LogP contribution is 2.23. The van der Waals surface area contributed by atoms with Crippen molar-refractivity contribution in [1.29, 1.82) is 0 Å². The maximum absolute atomic E-state index is 5.66. The number of aryl methyl sites for hydroxylation is 1. The van der Waals surface area contributed by atoms with Crippen LogP contribution in [0.1, 0.15) is 31.3 Å². The Bertz CT molecular complexity index is 800. The molecule has 1 N–H and O–H groups in total. The lowest BCUT2D eigenvalue weighted by Crippen LogP contribution is -2.01. The van der Waals surface area contributed by atoms with Gasteiger partial charge in [0.05, 0.1) is 5.69 Å². The molecule has 0 saturated carbocycles. The molecular weight excluding hydrogens is 302 g/mol. The van der Waals surface area contributed by atoms with E-state index in [9.17, 15) is 0 Å².